The highest BCUT2D eigenvalue weighted by atomic mass is 79.9. The molecule has 0 radical (unpaired) electrons. The number of amides is 1. The van der Waals surface area contributed by atoms with Crippen molar-refractivity contribution in [3.05, 3.63) is 397 Å². The number of phenols is 1. The lowest BCUT2D eigenvalue weighted by Crippen LogP contribution is -2.48. The number of rotatable bonds is 36. The van der Waals surface area contributed by atoms with Crippen molar-refractivity contribution >= 4 is 93.7 Å². The molecule has 0 aliphatic carbocycles. The number of aliphatic hydroxyl groups is 4. The van der Waals surface area contributed by atoms with E-state index < -0.39 is 0 Å². The van der Waals surface area contributed by atoms with Crippen molar-refractivity contribution in [3.63, 3.8) is 0 Å². The first-order chi connectivity index (χ1) is 65.0. The van der Waals surface area contributed by atoms with Gasteiger partial charge in [-0.2, -0.15) is 0 Å². The Kier molecular flexibility index (Phi) is 38.8. The Labute approximate surface area is 806 Å². The van der Waals surface area contributed by atoms with Gasteiger partial charge in [0.2, 0.25) is 5.91 Å². The summed E-state index contributed by atoms with van der Waals surface area (Å²) in [7, 11) is 4.35. The minimum atomic E-state index is -0.125. The lowest BCUT2D eigenvalue weighted by Gasteiger charge is -2.38. The van der Waals surface area contributed by atoms with E-state index in [2.05, 4.69) is 334 Å². The number of benzene rings is 12. The highest BCUT2D eigenvalue weighted by molar-refractivity contribution is 9.10. The largest absolute Gasteiger partial charge is 0.508 e. The van der Waals surface area contributed by atoms with Crippen LogP contribution in [0.4, 0.5) is 11.4 Å². The number of allylic oxidation sites excluding steroid dienone is 4. The summed E-state index contributed by atoms with van der Waals surface area (Å²) < 4.78 is 14.3. The third-order valence-corrected chi connectivity index (χ3v) is 26.6. The number of carbonyl (C=O) groups is 1. The van der Waals surface area contributed by atoms with Crippen LogP contribution in [0.3, 0.4) is 0 Å². The maximum atomic E-state index is 12.5. The van der Waals surface area contributed by atoms with Gasteiger partial charge in [0, 0.05) is 97.6 Å². The summed E-state index contributed by atoms with van der Waals surface area (Å²) in [4.78, 5) is 22.3. The molecule has 4 atom stereocenters. The summed E-state index contributed by atoms with van der Waals surface area (Å²) in [6.45, 7) is 16.5. The number of piperazine rings is 1. The molecule has 4 fully saturated rings. The number of halogens is 2. The van der Waals surface area contributed by atoms with Gasteiger partial charge in [0.25, 0.3) is 0 Å². The molecule has 0 aromatic heterocycles. The number of nitrogens with one attached hydrogen (secondary N) is 2. The number of carbonyl (C=O) groups excluding carboxylic acids is 1. The van der Waals surface area contributed by atoms with Gasteiger partial charge >= 0.3 is 0 Å². The third kappa shape index (κ3) is 29.2. The Hall–Kier alpha value is -11.1. The summed E-state index contributed by atoms with van der Waals surface area (Å²) in [5.41, 5.74) is 26.7. The molecule has 14 nitrogen and oxygen atoms in total. The predicted octanol–water partition coefficient (Wildman–Crippen LogP) is 24.4. The zero-order valence-corrected chi connectivity index (χ0v) is 81.1. The maximum Gasteiger partial charge on any atom is 0.241 e. The molecule has 692 valence electrons. The molecule has 16 rings (SSSR count). The Morgan fingerprint density at radius 1 is 0.406 bits per heavy atom. The standard InChI is InChI=1S/C31H38N2O.2C29H32BrNO2.C28H30N2O3/c1-24(2)32-19-21-33(22-20-32)29-17-15-28(16-18-29)31(27-13-11-25(3)12-14-27)30(10-7-23-34)26-8-5-4-6-9-26;1-31-21-26(31)9-6-20-33-27-17-13-24(14-18-27)29(23-11-15-25(30)16-12-23)28(10-5-19-32)22-7-3-2-4-8-22;1-31-19-5-9-26(31)21-33-27-17-13-24(14-18-27)29(23-11-15-25(30)16-12-23)28(10-6-20-32)22-7-3-2-4-8-22;31-19-5-8-25(20-6-2-1-3-7-20)27(22-12-16-24(32)17-13-22)21-10-14-23(15-11-21)30-28(33)26-9-4-18-29-26/h4-6,8-9,11-18,24,34H,7,10,19-23H2,1-3H3;2*2-4,7-8,11-18,26,32H,5-6,9-10,19-21H2,1H3;1-3,6-7,10-17,26,29,31-32H,4-5,8-9,18-19H2,(H,30,33)/b31-30-;2*29-28-;27-25+. The Bertz CT molecular complexity index is 5650. The van der Waals surface area contributed by atoms with Crippen molar-refractivity contribution in [2.75, 3.05) is 110 Å². The van der Waals surface area contributed by atoms with Crippen LogP contribution < -0.4 is 25.0 Å². The molecule has 4 aliphatic heterocycles. The molecular weight excluding hydrogens is 1780 g/mol. The molecule has 0 saturated carbocycles. The fraction of sp³-hybridized carbons (Fsp3) is 0.308. The molecule has 1 amide bonds. The average Bonchev–Trinajstić information content (AvgIpc) is 1.16. The topological polar surface area (TPSA) is 173 Å². The second kappa shape index (κ2) is 52.0. The van der Waals surface area contributed by atoms with Gasteiger partial charge in [-0.15, -0.1) is 0 Å². The van der Waals surface area contributed by atoms with Gasteiger partial charge in [0.05, 0.1) is 12.6 Å². The first-order valence-electron chi connectivity index (χ1n) is 47.6. The second-order valence-electron chi connectivity index (χ2n) is 35.2. The average molecular weight is 1910 g/mol. The van der Waals surface area contributed by atoms with E-state index in [9.17, 15) is 30.3 Å². The SMILES string of the molecule is CN1CC1CCCOc1ccc(/C(=C(/CCCO)c2ccccc2)c2ccc(Br)cc2)cc1.CN1CCCC1COc1ccc(/C(=C(/CCCO)c2ccccc2)c2ccc(Br)cc2)cc1.Cc1ccc(/C(=C(\CCCO)c2ccccc2)c2ccc(N3CCN(C(C)C)CC3)cc2)cc1.O=C(Nc1ccc(/C(=C(/CCCO)c2ccccc2)c2ccc(O)cc2)cc1)C1CCCN1. The highest BCUT2D eigenvalue weighted by Crippen LogP contribution is 2.42. The molecule has 0 spiro atoms. The maximum absolute atomic E-state index is 12.5. The second-order valence-corrected chi connectivity index (χ2v) is 37.0. The number of ether oxygens (including phenoxy) is 2. The summed E-state index contributed by atoms with van der Waals surface area (Å²) in [6, 6.07) is 110. The van der Waals surface area contributed by atoms with E-state index in [1.54, 1.807) is 12.1 Å². The molecule has 0 bridgehead atoms. The van der Waals surface area contributed by atoms with Gasteiger partial charge in [-0.1, -0.05) is 268 Å². The monoisotopic (exact) mass is 1910 g/mol. The zero-order chi connectivity index (χ0) is 93.1. The number of likely N-dealkylation sites (N-methyl/N-ethyl adjacent to an activating group) is 2. The summed E-state index contributed by atoms with van der Waals surface area (Å²) in [6.07, 6.45) is 12.6. The van der Waals surface area contributed by atoms with Gasteiger partial charge < -0.3 is 60.3 Å². The van der Waals surface area contributed by atoms with Gasteiger partial charge in [-0.25, -0.2) is 0 Å². The van der Waals surface area contributed by atoms with Crippen LogP contribution in [0.1, 0.15) is 176 Å². The van der Waals surface area contributed by atoms with Crippen molar-refractivity contribution in [3.8, 4) is 17.2 Å². The molecule has 7 N–H and O–H groups in total. The normalized spacial score (nSPS) is 16.7. The van der Waals surface area contributed by atoms with E-state index in [0.717, 1.165) is 193 Å². The molecule has 4 saturated heterocycles. The molecule has 133 heavy (non-hydrogen) atoms. The summed E-state index contributed by atoms with van der Waals surface area (Å²) >= 11 is 7.13. The Morgan fingerprint density at radius 3 is 1.12 bits per heavy atom. The number of likely N-dealkylation sites (tertiary alicyclic amines) is 1. The van der Waals surface area contributed by atoms with Crippen LogP contribution in [-0.4, -0.2) is 170 Å². The van der Waals surface area contributed by atoms with Crippen LogP contribution in [0, 0.1) is 6.92 Å². The number of hydrogen-bond acceptors (Lipinski definition) is 13. The third-order valence-electron chi connectivity index (χ3n) is 25.5. The van der Waals surface area contributed by atoms with E-state index in [4.69, 9.17) is 9.47 Å². The van der Waals surface area contributed by atoms with Crippen LogP contribution in [0.5, 0.6) is 17.2 Å². The molecule has 4 unspecified atom stereocenters. The van der Waals surface area contributed by atoms with Crippen LogP contribution in [0.25, 0.3) is 44.6 Å². The number of nitrogens with zero attached hydrogens (tertiary/aromatic N) is 4. The number of aromatic hydroxyl groups is 1. The van der Waals surface area contributed by atoms with Crippen LogP contribution in [-0.2, 0) is 4.79 Å². The van der Waals surface area contributed by atoms with E-state index in [1.165, 1.54) is 98.3 Å². The zero-order valence-electron chi connectivity index (χ0n) is 77.9. The minimum absolute atomic E-state index is 0.00229. The van der Waals surface area contributed by atoms with Gasteiger partial charge in [0.1, 0.15) is 23.9 Å². The quantitative estimate of drug-likeness (QED) is 0.0112. The van der Waals surface area contributed by atoms with Crippen molar-refractivity contribution in [1.29, 1.82) is 0 Å². The van der Waals surface area contributed by atoms with Crippen molar-refractivity contribution in [2.45, 2.75) is 135 Å². The van der Waals surface area contributed by atoms with E-state index in [-0.39, 0.29) is 44.1 Å². The minimum Gasteiger partial charge on any atom is -0.508 e. The van der Waals surface area contributed by atoms with Gasteiger partial charge in [-0.3, -0.25) is 9.69 Å². The first-order valence-corrected chi connectivity index (χ1v) is 49.2. The number of aliphatic hydroxyl groups excluding tert-OH is 4. The molecule has 4 heterocycles. The number of aryl methyl sites for hydroxylation is 1. The Balaban J connectivity index is 0.000000151. The molecular formula is C117H132Br2N6O8. The fourth-order valence-corrected chi connectivity index (χ4v) is 18.5. The lowest BCUT2D eigenvalue weighted by atomic mass is 9.87. The van der Waals surface area contributed by atoms with Crippen LogP contribution >= 0.6 is 31.9 Å². The van der Waals surface area contributed by atoms with Crippen LogP contribution in [0.2, 0.25) is 0 Å². The molecule has 4 aliphatic rings. The lowest BCUT2D eigenvalue weighted by molar-refractivity contribution is -0.117. The summed E-state index contributed by atoms with van der Waals surface area (Å²) in [5.74, 6) is 2.04. The van der Waals surface area contributed by atoms with Crippen molar-refractivity contribution in [2.24, 2.45) is 0 Å². The van der Waals surface area contributed by atoms with Gasteiger partial charge in [0.15, 0.2) is 0 Å². The van der Waals surface area contributed by atoms with Gasteiger partial charge in [-0.05, 0) is 334 Å². The Morgan fingerprint density at radius 2 is 0.767 bits per heavy atom. The molecule has 16 heteroatoms. The smallest absolute Gasteiger partial charge is 0.241 e. The molecule has 12 aromatic rings. The predicted molar refractivity (Wildman–Crippen MR) is 559 cm³/mol. The van der Waals surface area contributed by atoms with Crippen LogP contribution in [0.15, 0.2) is 324 Å². The molecule has 12 aromatic carbocycles. The van der Waals surface area contributed by atoms with Crippen molar-refractivity contribution in [1.82, 2.24) is 20.0 Å². The van der Waals surface area contributed by atoms with Crippen molar-refractivity contribution < 1.29 is 39.8 Å². The van der Waals surface area contributed by atoms with E-state index in [0.29, 0.717) is 24.9 Å². The number of phenolic OH excluding ortho intramolecular Hbond substituents is 1. The van der Waals surface area contributed by atoms with E-state index in [1.807, 2.05) is 66.7 Å². The van der Waals surface area contributed by atoms with E-state index >= 15 is 0 Å². The first kappa shape index (κ1) is 99.4. The number of anilines is 2. The summed E-state index contributed by atoms with van der Waals surface area (Å²) in [5, 5.41) is 54.4. The number of hydrogen-bond donors (Lipinski definition) is 7. The fourth-order valence-electron chi connectivity index (χ4n) is 18.0. The highest BCUT2D eigenvalue weighted by Gasteiger charge is 2.30.